The average molecular weight is 1070 g/mol. The van der Waals surface area contributed by atoms with E-state index in [-0.39, 0.29) is 29.8 Å². The van der Waals surface area contributed by atoms with Gasteiger partial charge in [-0.1, -0.05) is 89.4 Å². The van der Waals surface area contributed by atoms with E-state index < -0.39 is 0 Å². The number of nitrogens with zero attached hydrogens (tertiary/aromatic N) is 4. The number of aliphatic hydroxyl groups excluding tert-OH is 2. The summed E-state index contributed by atoms with van der Waals surface area (Å²) in [6, 6.07) is 23.3. The molecule has 422 valence electrons. The lowest BCUT2D eigenvalue weighted by Gasteiger charge is -2.45. The number of aryl methyl sites for hydroxylation is 1. The maximum atomic E-state index is 13.3. The number of piperidine rings is 2. The molecule has 18 heteroatoms. The lowest BCUT2D eigenvalue weighted by atomic mass is 9.88. The summed E-state index contributed by atoms with van der Waals surface area (Å²) in [6.07, 6.45) is 10.3. The van der Waals surface area contributed by atoms with E-state index in [0.717, 1.165) is 114 Å². The molecule has 0 radical (unpaired) electrons. The highest BCUT2D eigenvalue weighted by Gasteiger charge is 2.35. The van der Waals surface area contributed by atoms with Crippen LogP contribution >= 0.6 is 11.9 Å². The molecular weight excluding hydrogens is 973 g/mol. The maximum absolute atomic E-state index is 13.3. The van der Waals surface area contributed by atoms with Crippen molar-refractivity contribution in [1.29, 1.82) is 0 Å². The quantitative estimate of drug-likeness (QED) is 0.0155. The number of unbranched alkanes of at least 4 members (excludes halogenated alkanes) is 2. The number of ether oxygens (including phenoxy) is 1. The number of aliphatic imine (C=N–C) groups is 1. The third-order valence-corrected chi connectivity index (χ3v) is 12.4. The molecule has 3 amide bonds. The first-order valence-electron chi connectivity index (χ1n) is 25.7. The number of allylic oxidation sites excluding steroid dienone is 1. The number of benzene rings is 3. The molecule has 6 N–H and O–H groups in total. The fourth-order valence-corrected chi connectivity index (χ4v) is 8.73. The molecule has 0 saturated carbocycles. The van der Waals surface area contributed by atoms with Crippen LogP contribution in [0.5, 0.6) is 0 Å². The number of carbonyl (C=O) groups is 6. The minimum absolute atomic E-state index is 0.0112. The number of nitrogens with one attached hydrogen (secondary N) is 4. The van der Waals surface area contributed by atoms with Gasteiger partial charge in [0, 0.05) is 102 Å². The maximum Gasteiger partial charge on any atom is 0.321 e. The number of aliphatic hydroxyl groups is 2. The second-order valence-electron chi connectivity index (χ2n) is 16.8. The van der Waals surface area contributed by atoms with Crippen LogP contribution < -0.4 is 26.2 Å². The number of hydrogen-bond donors (Lipinski definition) is 6. The zero-order valence-electron chi connectivity index (χ0n) is 47.7. The van der Waals surface area contributed by atoms with E-state index in [9.17, 15) is 19.2 Å². The fourth-order valence-electron chi connectivity index (χ4n) is 7.59. The summed E-state index contributed by atoms with van der Waals surface area (Å²) in [6.45, 7) is 24.3. The van der Waals surface area contributed by atoms with Crippen LogP contribution in [0.2, 0.25) is 0 Å². The van der Waals surface area contributed by atoms with E-state index in [1.54, 1.807) is 7.05 Å². The molecule has 2 fully saturated rings. The van der Waals surface area contributed by atoms with Gasteiger partial charge in [0.1, 0.15) is 19.2 Å². The number of anilines is 3. The molecule has 2 aliphatic heterocycles. The average Bonchev–Trinajstić information content (AvgIpc) is 3.43. The van der Waals surface area contributed by atoms with Crippen LogP contribution in [0.25, 0.3) is 0 Å². The highest BCUT2D eigenvalue weighted by molar-refractivity contribution is 7.96. The van der Waals surface area contributed by atoms with Crippen molar-refractivity contribution >= 4 is 73.3 Å². The van der Waals surface area contributed by atoms with E-state index in [4.69, 9.17) is 24.5 Å². The van der Waals surface area contributed by atoms with Crippen LogP contribution in [-0.4, -0.2) is 137 Å². The predicted molar refractivity (Wildman–Crippen MR) is 313 cm³/mol. The third kappa shape index (κ3) is 30.2. The molecule has 0 aromatic heterocycles. The smallest absolute Gasteiger partial charge is 0.321 e. The van der Waals surface area contributed by atoms with Crippen molar-refractivity contribution in [2.24, 2.45) is 4.99 Å². The Morgan fingerprint density at radius 1 is 0.880 bits per heavy atom. The molecule has 3 aromatic rings. The Balaban J connectivity index is -0.00000213. The lowest BCUT2D eigenvalue weighted by Crippen LogP contribution is -2.49. The van der Waals surface area contributed by atoms with E-state index in [1.165, 1.54) is 29.3 Å². The van der Waals surface area contributed by atoms with Gasteiger partial charge < -0.3 is 55.6 Å². The normalized spacial score (nSPS) is 14.3. The summed E-state index contributed by atoms with van der Waals surface area (Å²) < 4.78 is 7.84. The molecule has 2 saturated heterocycles. The van der Waals surface area contributed by atoms with Gasteiger partial charge in [-0.25, -0.2) is 9.10 Å². The molecule has 1 unspecified atom stereocenters. The molecule has 0 aliphatic carbocycles. The highest BCUT2D eigenvalue weighted by atomic mass is 32.2. The van der Waals surface area contributed by atoms with Gasteiger partial charge in [-0.05, 0) is 125 Å². The molecule has 75 heavy (non-hydrogen) atoms. The number of urea groups is 1. The number of amides is 3. The number of aldehydes is 4. The standard InChI is InChI=1S/C42H55N7O4S.C5H10O.C2H5NO.C2H4O.2C2H6.2CH4O/c1-30-13-14-34(25-39(30)47(5)6)33-15-18-48(19-16-33)41(52)46-36-12-8-10-32(24-36)29-54-49-20-17-37(26-42(49,2)3)45-35-11-7-9-31(23-35)27-44-40(53-22-21-50)38(28-51)43-4;1-2-3-4-5-6;1-3-2-4;1-2-3;4*1-2/h7-14,21,23-25,28,33,37,44-45H,4,15-20,22,26-27,29H2,1-3,5-6H3,(H,46,52);5H,2-4H2,1H3;2H,1H3,(H,3,4);2H,1H3;2*1-2H3;2*2H,1H3/b40-38+;;;;;;;. The summed E-state index contributed by atoms with van der Waals surface area (Å²) in [7, 11) is 7.73. The second-order valence-corrected chi connectivity index (χ2v) is 17.8. The van der Waals surface area contributed by atoms with Crippen LogP contribution in [0.15, 0.2) is 83.3 Å². The summed E-state index contributed by atoms with van der Waals surface area (Å²) >= 11 is 1.84. The molecule has 1 atom stereocenters. The molecule has 0 spiro atoms. The molecule has 2 heterocycles. The van der Waals surface area contributed by atoms with Crippen molar-refractivity contribution in [1.82, 2.24) is 19.8 Å². The van der Waals surface area contributed by atoms with E-state index in [1.807, 2.05) is 68.8 Å². The second kappa shape index (κ2) is 46.5. The Hall–Kier alpha value is -6.08. The van der Waals surface area contributed by atoms with Gasteiger partial charge in [0.25, 0.3) is 0 Å². The molecule has 3 aromatic carbocycles. The Morgan fingerprint density at radius 3 is 1.97 bits per heavy atom. The molecular formula is C57H94N8O9S. The summed E-state index contributed by atoms with van der Waals surface area (Å²) in [4.78, 5) is 70.6. The van der Waals surface area contributed by atoms with Crippen molar-refractivity contribution in [3.8, 4) is 0 Å². The van der Waals surface area contributed by atoms with Gasteiger partial charge in [0.15, 0.2) is 18.3 Å². The third-order valence-electron chi connectivity index (χ3n) is 11.0. The predicted octanol–water partition coefficient (Wildman–Crippen LogP) is 9.56. The van der Waals surface area contributed by atoms with Gasteiger partial charge in [-0.2, -0.15) is 0 Å². The van der Waals surface area contributed by atoms with Crippen molar-refractivity contribution < 1.29 is 43.7 Å². The fraction of sp³-hybridized carbons (Fsp3) is 0.526. The number of carbonyl (C=O) groups excluding carboxylic acids is 6. The van der Waals surface area contributed by atoms with Gasteiger partial charge in [0.2, 0.25) is 12.3 Å². The van der Waals surface area contributed by atoms with Crippen LogP contribution in [0, 0.1) is 6.92 Å². The van der Waals surface area contributed by atoms with Gasteiger partial charge >= 0.3 is 6.03 Å². The van der Waals surface area contributed by atoms with E-state index >= 15 is 0 Å². The van der Waals surface area contributed by atoms with Crippen LogP contribution in [-0.2, 0) is 41.0 Å². The Morgan fingerprint density at radius 2 is 1.47 bits per heavy atom. The number of hydrogen-bond acceptors (Lipinski definition) is 15. The lowest BCUT2D eigenvalue weighted by molar-refractivity contribution is -0.111. The van der Waals surface area contributed by atoms with Crippen molar-refractivity contribution in [3.63, 3.8) is 0 Å². The van der Waals surface area contributed by atoms with Gasteiger partial charge in [-0.15, -0.1) is 0 Å². The van der Waals surface area contributed by atoms with Crippen LogP contribution in [0.4, 0.5) is 21.9 Å². The number of likely N-dealkylation sites (tertiary alicyclic amines) is 1. The molecule has 0 bridgehead atoms. The van der Waals surface area contributed by atoms with Gasteiger partial charge in [0.05, 0.1) is 0 Å². The first-order chi connectivity index (χ1) is 36.2. The van der Waals surface area contributed by atoms with Gasteiger partial charge in [-0.3, -0.25) is 19.4 Å². The summed E-state index contributed by atoms with van der Waals surface area (Å²) in [5, 5.41) is 26.2. The van der Waals surface area contributed by atoms with Crippen LogP contribution in [0.1, 0.15) is 129 Å². The van der Waals surface area contributed by atoms with Crippen molar-refractivity contribution in [2.75, 3.05) is 77.1 Å². The van der Waals surface area contributed by atoms with Crippen molar-refractivity contribution in [3.05, 3.63) is 101 Å². The number of rotatable bonds is 20. The molecule has 5 rings (SSSR count). The summed E-state index contributed by atoms with van der Waals surface area (Å²) in [5.74, 6) is 1.40. The first-order valence-corrected chi connectivity index (χ1v) is 26.7. The Labute approximate surface area is 454 Å². The topological polar surface area (TPSA) is 222 Å². The molecule has 2 aliphatic rings. The van der Waals surface area contributed by atoms with E-state index in [0.29, 0.717) is 37.5 Å². The van der Waals surface area contributed by atoms with Crippen LogP contribution in [0.3, 0.4) is 0 Å². The minimum atomic E-state index is -0.192. The minimum Gasteiger partial charge on any atom is -0.470 e. The SMILES string of the molecule is C=N/C(C=O)=C(\NCc1cccc(NC2CCN(SCc3cccc(NC(=O)N4CCC(c5ccc(C)c(N(C)C)c5)CC4)c3)C(C)(C)C2)c1)OCC=O.CC.CC.CC=O.CCCCC=O.CNC=O.CO.CO. The Bertz CT molecular complexity index is 2040. The largest absolute Gasteiger partial charge is 0.470 e. The highest BCUT2D eigenvalue weighted by Crippen LogP contribution is 2.36. The Kier molecular flexibility index (Phi) is 45.3. The van der Waals surface area contributed by atoms with Crippen molar-refractivity contribution in [2.45, 2.75) is 137 Å². The van der Waals surface area contributed by atoms with E-state index in [2.05, 4.69) is 126 Å². The zero-order valence-corrected chi connectivity index (χ0v) is 48.6. The monoisotopic (exact) mass is 1070 g/mol. The first kappa shape index (κ1) is 73.2. The summed E-state index contributed by atoms with van der Waals surface area (Å²) in [5.41, 5.74) is 7.87. The zero-order chi connectivity index (χ0) is 57.6. The molecule has 17 nitrogen and oxygen atoms in total.